The summed E-state index contributed by atoms with van der Waals surface area (Å²) in [5.41, 5.74) is 3.28. The fourth-order valence-electron chi connectivity index (χ4n) is 2.14. The van der Waals surface area contributed by atoms with Crippen molar-refractivity contribution in [2.45, 2.75) is 18.7 Å². The van der Waals surface area contributed by atoms with Crippen LogP contribution in [0.25, 0.3) is 5.69 Å². The monoisotopic (exact) mass is 359 g/mol. The number of aryl methyl sites for hydroxylation is 2. The molecule has 0 unspecified atom stereocenters. The highest BCUT2D eigenvalue weighted by atomic mass is 32.2. The van der Waals surface area contributed by atoms with E-state index in [1.165, 1.54) is 38.4 Å². The average Bonchev–Trinajstić information content (AvgIpc) is 3.25. The van der Waals surface area contributed by atoms with E-state index in [0.717, 1.165) is 5.75 Å². The van der Waals surface area contributed by atoms with Crippen molar-refractivity contribution in [2.24, 2.45) is 0 Å². The van der Waals surface area contributed by atoms with Crippen LogP contribution in [0.4, 0.5) is 0 Å². The summed E-state index contributed by atoms with van der Waals surface area (Å²) in [6, 6.07) is 8.25. The van der Waals surface area contributed by atoms with Gasteiger partial charge in [0.15, 0.2) is 0 Å². The van der Waals surface area contributed by atoms with Crippen LogP contribution >= 0.6 is 23.1 Å². The van der Waals surface area contributed by atoms with Gasteiger partial charge in [0.05, 0.1) is 5.69 Å². The van der Waals surface area contributed by atoms with E-state index < -0.39 is 0 Å². The molecule has 0 fully saturated rings. The molecule has 0 aliphatic rings. The number of tetrazole rings is 1. The van der Waals surface area contributed by atoms with Crippen molar-refractivity contribution >= 4 is 29.0 Å². The molecule has 2 heterocycles. The van der Waals surface area contributed by atoms with Crippen LogP contribution in [0.15, 0.2) is 40.9 Å². The fourth-order valence-corrected chi connectivity index (χ4v) is 3.80. The quantitative estimate of drug-likeness (QED) is 0.541. The highest BCUT2D eigenvalue weighted by Gasteiger charge is 2.15. The van der Waals surface area contributed by atoms with Crippen molar-refractivity contribution in [3.63, 3.8) is 0 Å². The molecule has 1 aromatic carbocycles. The molecule has 3 rings (SSSR count). The van der Waals surface area contributed by atoms with Gasteiger partial charge in [0.2, 0.25) is 0 Å². The first kappa shape index (κ1) is 16.7. The number of amides is 1. The molecule has 0 atom stereocenters. The number of thioether (sulfide) groups is 1. The van der Waals surface area contributed by atoms with E-state index in [1.807, 2.05) is 11.4 Å². The number of hydrogen-bond acceptors (Lipinski definition) is 6. The molecule has 3 aromatic rings. The number of hydrogen-bond donors (Lipinski definition) is 1. The zero-order valence-corrected chi connectivity index (χ0v) is 15.0. The van der Waals surface area contributed by atoms with E-state index >= 15 is 0 Å². The molecule has 8 heteroatoms. The third-order valence-electron chi connectivity index (χ3n) is 3.58. The molecule has 0 bridgehead atoms. The summed E-state index contributed by atoms with van der Waals surface area (Å²) in [6.07, 6.45) is 1.48. The Labute approximate surface area is 148 Å². The zero-order valence-electron chi connectivity index (χ0n) is 13.4. The minimum absolute atomic E-state index is 0.101. The lowest BCUT2D eigenvalue weighted by Crippen LogP contribution is -2.25. The third kappa shape index (κ3) is 3.82. The molecule has 2 aromatic heterocycles. The second-order valence-corrected chi connectivity index (χ2v) is 7.32. The number of benzene rings is 1. The maximum atomic E-state index is 12.3. The van der Waals surface area contributed by atoms with Gasteiger partial charge in [-0.25, -0.2) is 0 Å². The molecule has 1 N–H and O–H groups in total. The molecule has 0 radical (unpaired) electrons. The van der Waals surface area contributed by atoms with Crippen molar-refractivity contribution < 1.29 is 4.79 Å². The van der Waals surface area contributed by atoms with Crippen LogP contribution in [-0.4, -0.2) is 38.4 Å². The highest BCUT2D eigenvalue weighted by molar-refractivity contribution is 7.99. The van der Waals surface area contributed by atoms with Crippen molar-refractivity contribution in [1.29, 1.82) is 0 Å². The summed E-state index contributed by atoms with van der Waals surface area (Å²) in [6.45, 7) is 4.81. The van der Waals surface area contributed by atoms with Gasteiger partial charge < -0.3 is 5.32 Å². The van der Waals surface area contributed by atoms with Gasteiger partial charge in [0.25, 0.3) is 5.91 Å². The summed E-state index contributed by atoms with van der Waals surface area (Å²) in [7, 11) is 0. The Kier molecular flexibility index (Phi) is 5.27. The van der Waals surface area contributed by atoms with E-state index in [1.54, 1.807) is 11.8 Å². The minimum Gasteiger partial charge on any atom is -0.350 e. The topological polar surface area (TPSA) is 72.7 Å². The van der Waals surface area contributed by atoms with Crippen LogP contribution in [0.2, 0.25) is 0 Å². The molecule has 0 saturated carbocycles. The van der Waals surface area contributed by atoms with Crippen LogP contribution in [0.1, 0.15) is 20.8 Å². The maximum absolute atomic E-state index is 12.3. The van der Waals surface area contributed by atoms with Gasteiger partial charge >= 0.3 is 0 Å². The van der Waals surface area contributed by atoms with E-state index in [0.29, 0.717) is 17.1 Å². The first-order valence-electron chi connectivity index (χ1n) is 7.44. The van der Waals surface area contributed by atoms with Crippen LogP contribution in [0, 0.1) is 13.8 Å². The SMILES string of the molecule is Cc1ccc(SCCNC(=O)c2sccc2-n2cnnn2)cc1C. The van der Waals surface area contributed by atoms with Gasteiger partial charge in [0, 0.05) is 17.2 Å². The Morgan fingerprint density at radius 1 is 1.29 bits per heavy atom. The number of nitrogens with one attached hydrogen (secondary N) is 1. The standard InChI is InChI=1S/C16H17N5OS2/c1-11-3-4-13(9-12(11)2)23-8-6-17-16(22)15-14(5-7-24-15)21-10-18-19-20-21/h3-5,7,9-10H,6,8H2,1-2H3,(H,17,22). The van der Waals surface area contributed by atoms with Gasteiger partial charge in [0.1, 0.15) is 11.2 Å². The van der Waals surface area contributed by atoms with E-state index in [9.17, 15) is 4.79 Å². The van der Waals surface area contributed by atoms with Gasteiger partial charge in [-0.3, -0.25) is 4.79 Å². The Morgan fingerprint density at radius 3 is 2.92 bits per heavy atom. The Hall–Kier alpha value is -2.19. The number of carbonyl (C=O) groups excluding carboxylic acids is 1. The van der Waals surface area contributed by atoms with Crippen molar-refractivity contribution in [1.82, 2.24) is 25.5 Å². The lowest BCUT2D eigenvalue weighted by Gasteiger charge is -2.07. The van der Waals surface area contributed by atoms with Crippen LogP contribution in [-0.2, 0) is 0 Å². The summed E-state index contributed by atoms with van der Waals surface area (Å²) in [5, 5.41) is 15.8. The van der Waals surface area contributed by atoms with Crippen LogP contribution < -0.4 is 5.32 Å². The lowest BCUT2D eigenvalue weighted by molar-refractivity contribution is 0.0960. The largest absolute Gasteiger partial charge is 0.350 e. The van der Waals surface area contributed by atoms with E-state index in [2.05, 4.69) is 52.9 Å². The molecule has 24 heavy (non-hydrogen) atoms. The van der Waals surface area contributed by atoms with Gasteiger partial charge in [-0.1, -0.05) is 6.07 Å². The first-order chi connectivity index (χ1) is 11.6. The lowest BCUT2D eigenvalue weighted by atomic mass is 10.1. The number of thiophene rings is 1. The number of aromatic nitrogens is 4. The highest BCUT2D eigenvalue weighted by Crippen LogP contribution is 2.21. The van der Waals surface area contributed by atoms with Crippen molar-refractivity contribution in [3.8, 4) is 5.69 Å². The second kappa shape index (κ2) is 7.59. The van der Waals surface area contributed by atoms with E-state index in [-0.39, 0.29) is 5.91 Å². The third-order valence-corrected chi connectivity index (χ3v) is 5.48. The molecular weight excluding hydrogens is 342 g/mol. The molecule has 0 spiro atoms. The van der Waals surface area contributed by atoms with Gasteiger partial charge in [-0.15, -0.1) is 28.2 Å². The van der Waals surface area contributed by atoms with Gasteiger partial charge in [-0.2, -0.15) is 4.68 Å². The van der Waals surface area contributed by atoms with Crippen LogP contribution in [0.5, 0.6) is 0 Å². The molecular formula is C16H17N5OS2. The fraction of sp³-hybridized carbons (Fsp3) is 0.250. The summed E-state index contributed by atoms with van der Waals surface area (Å²) in [5.74, 6) is 0.719. The summed E-state index contributed by atoms with van der Waals surface area (Å²) >= 11 is 3.11. The molecule has 0 aliphatic carbocycles. The van der Waals surface area contributed by atoms with Gasteiger partial charge in [-0.05, 0) is 59.0 Å². The Bertz CT molecular complexity index is 829. The minimum atomic E-state index is -0.101. The molecule has 0 saturated heterocycles. The second-order valence-electron chi connectivity index (χ2n) is 5.24. The summed E-state index contributed by atoms with van der Waals surface area (Å²) < 4.78 is 1.50. The Morgan fingerprint density at radius 2 is 2.17 bits per heavy atom. The number of rotatable bonds is 6. The Balaban J connectivity index is 1.53. The zero-order chi connectivity index (χ0) is 16.9. The normalized spacial score (nSPS) is 10.8. The summed E-state index contributed by atoms with van der Waals surface area (Å²) in [4.78, 5) is 14.2. The van der Waals surface area contributed by atoms with E-state index in [4.69, 9.17) is 0 Å². The van der Waals surface area contributed by atoms with Crippen LogP contribution in [0.3, 0.4) is 0 Å². The first-order valence-corrected chi connectivity index (χ1v) is 9.31. The smallest absolute Gasteiger partial charge is 0.263 e. The predicted octanol–water partition coefficient (Wildman–Crippen LogP) is 2.86. The van der Waals surface area contributed by atoms with Crippen molar-refractivity contribution in [2.75, 3.05) is 12.3 Å². The molecule has 124 valence electrons. The molecule has 0 aliphatic heterocycles. The molecule has 6 nitrogen and oxygen atoms in total. The number of nitrogens with zero attached hydrogens (tertiary/aromatic N) is 4. The number of carbonyl (C=O) groups is 1. The van der Waals surface area contributed by atoms with Crippen molar-refractivity contribution in [3.05, 3.63) is 52.0 Å². The molecule has 1 amide bonds. The maximum Gasteiger partial charge on any atom is 0.263 e. The predicted molar refractivity (Wildman–Crippen MR) is 96.0 cm³/mol. The average molecular weight is 359 g/mol.